The number of para-hydroxylation sites is 2. The topological polar surface area (TPSA) is 64.7 Å². The number of hydrogen-bond donors (Lipinski definition) is 1. The summed E-state index contributed by atoms with van der Waals surface area (Å²) < 4.78 is 3.81. The highest BCUT2D eigenvalue weighted by Crippen LogP contribution is 2.43. The number of aryl methyl sites for hydroxylation is 1. The third-order valence-corrected chi connectivity index (χ3v) is 5.33. The van der Waals surface area contributed by atoms with Crippen molar-refractivity contribution >= 4 is 22.6 Å². The molecule has 1 N–H and O–H groups in total. The van der Waals surface area contributed by atoms with Gasteiger partial charge in [0, 0.05) is 13.0 Å². The largest absolute Gasteiger partial charge is 0.321 e. The van der Waals surface area contributed by atoms with Crippen LogP contribution in [0.5, 0.6) is 0 Å². The number of anilines is 1. The minimum Gasteiger partial charge on any atom is -0.321 e. The zero-order valence-electron chi connectivity index (χ0n) is 15.6. The summed E-state index contributed by atoms with van der Waals surface area (Å²) in [5.41, 5.74) is 4.63. The Balaban J connectivity index is 1.56. The molecule has 1 atom stereocenters. The first-order valence-corrected chi connectivity index (χ1v) is 9.51. The molecule has 1 fully saturated rings. The molecule has 2 aromatic carbocycles. The van der Waals surface area contributed by atoms with Crippen LogP contribution in [0.2, 0.25) is 0 Å². The van der Waals surface area contributed by atoms with Gasteiger partial charge >= 0.3 is 0 Å². The number of benzene rings is 2. The molecule has 1 saturated carbocycles. The number of nitrogens with one attached hydrogen (secondary N) is 1. The van der Waals surface area contributed by atoms with Gasteiger partial charge in [0.05, 0.1) is 34.9 Å². The number of rotatable bonds is 5. The molecule has 5 rings (SSSR count). The quantitative estimate of drug-likeness (QED) is 0.579. The summed E-state index contributed by atoms with van der Waals surface area (Å²) in [6.45, 7) is 0. The molecule has 6 nitrogen and oxygen atoms in total. The second-order valence-corrected chi connectivity index (χ2v) is 7.28. The Hall–Kier alpha value is -3.41. The summed E-state index contributed by atoms with van der Waals surface area (Å²) >= 11 is 0. The Morgan fingerprint density at radius 3 is 2.64 bits per heavy atom. The van der Waals surface area contributed by atoms with Gasteiger partial charge in [-0.1, -0.05) is 42.5 Å². The third kappa shape index (κ3) is 2.87. The van der Waals surface area contributed by atoms with Crippen molar-refractivity contribution < 1.29 is 4.79 Å². The van der Waals surface area contributed by atoms with Crippen LogP contribution >= 0.6 is 0 Å². The molecule has 0 bridgehead atoms. The van der Waals surface area contributed by atoms with Crippen LogP contribution in [0.15, 0.2) is 67.1 Å². The number of fused-ring (bicyclic) bond motifs is 1. The van der Waals surface area contributed by atoms with Crippen LogP contribution in [0.4, 0.5) is 5.69 Å². The summed E-state index contributed by atoms with van der Waals surface area (Å²) in [6, 6.07) is 17.2. The maximum atomic E-state index is 13.5. The molecular weight excluding hydrogens is 350 g/mol. The van der Waals surface area contributed by atoms with E-state index in [2.05, 4.69) is 15.4 Å². The minimum absolute atomic E-state index is 0.0933. The second kappa shape index (κ2) is 6.64. The van der Waals surface area contributed by atoms with E-state index in [1.54, 1.807) is 12.5 Å². The van der Waals surface area contributed by atoms with Crippen LogP contribution < -0.4 is 5.32 Å². The first-order valence-electron chi connectivity index (χ1n) is 9.51. The van der Waals surface area contributed by atoms with E-state index in [9.17, 15) is 4.79 Å². The molecule has 2 heterocycles. The molecule has 28 heavy (non-hydrogen) atoms. The van der Waals surface area contributed by atoms with E-state index in [1.807, 2.05) is 70.9 Å². The lowest BCUT2D eigenvalue weighted by molar-refractivity contribution is -0.118. The third-order valence-electron chi connectivity index (χ3n) is 5.33. The molecule has 4 aromatic rings. The molecule has 1 amide bonds. The lowest BCUT2D eigenvalue weighted by Crippen LogP contribution is -2.27. The van der Waals surface area contributed by atoms with Gasteiger partial charge in [-0.05, 0) is 30.5 Å². The van der Waals surface area contributed by atoms with Gasteiger partial charge in [-0.15, -0.1) is 0 Å². The molecule has 0 saturated heterocycles. The van der Waals surface area contributed by atoms with Gasteiger partial charge in [-0.3, -0.25) is 9.48 Å². The number of amides is 1. The van der Waals surface area contributed by atoms with E-state index in [1.165, 1.54) is 0 Å². The number of imidazole rings is 1. The first kappa shape index (κ1) is 16.7. The van der Waals surface area contributed by atoms with Crippen LogP contribution in [0, 0.1) is 0 Å². The standard InChI is InChI=1S/C22H21N5O/c1-26-20(16-11-12-16)18(13-24-26)25-22(28)21(15-7-3-2-4-8-15)27-14-23-17-9-5-6-10-19(17)27/h2-10,13-14,16,21H,11-12H2,1H3,(H,25,28). The SMILES string of the molecule is Cn1ncc(NC(=O)C(c2ccccc2)n2cnc3ccccc32)c1C1CC1. The normalized spacial score (nSPS) is 14.9. The van der Waals surface area contributed by atoms with Crippen molar-refractivity contribution in [2.45, 2.75) is 24.8 Å². The highest BCUT2D eigenvalue weighted by atomic mass is 16.2. The van der Waals surface area contributed by atoms with Crippen molar-refractivity contribution in [1.29, 1.82) is 0 Å². The molecule has 1 aliphatic rings. The first-order chi connectivity index (χ1) is 13.7. The van der Waals surface area contributed by atoms with E-state index < -0.39 is 6.04 Å². The second-order valence-electron chi connectivity index (χ2n) is 7.28. The van der Waals surface area contributed by atoms with Gasteiger partial charge in [0.25, 0.3) is 5.91 Å². The average Bonchev–Trinajstić information content (AvgIpc) is 3.37. The number of hydrogen-bond acceptors (Lipinski definition) is 3. The number of aromatic nitrogens is 4. The van der Waals surface area contributed by atoms with Crippen LogP contribution in [0.1, 0.15) is 36.1 Å². The summed E-state index contributed by atoms with van der Waals surface area (Å²) in [6.07, 6.45) is 5.79. The van der Waals surface area contributed by atoms with E-state index in [4.69, 9.17) is 0 Å². The number of carbonyl (C=O) groups is 1. The zero-order valence-corrected chi connectivity index (χ0v) is 15.6. The number of carbonyl (C=O) groups excluding carboxylic acids is 1. The fourth-order valence-electron chi connectivity index (χ4n) is 3.84. The van der Waals surface area contributed by atoms with Gasteiger partial charge < -0.3 is 9.88 Å². The molecule has 140 valence electrons. The maximum absolute atomic E-state index is 13.5. The fraction of sp³-hybridized carbons (Fsp3) is 0.227. The Morgan fingerprint density at radius 1 is 1.11 bits per heavy atom. The van der Waals surface area contributed by atoms with E-state index in [0.717, 1.165) is 40.8 Å². The van der Waals surface area contributed by atoms with Crippen molar-refractivity contribution in [2.75, 3.05) is 5.32 Å². The van der Waals surface area contributed by atoms with Crippen LogP contribution in [-0.4, -0.2) is 25.2 Å². The molecule has 0 radical (unpaired) electrons. The highest BCUT2D eigenvalue weighted by molar-refractivity contribution is 5.97. The van der Waals surface area contributed by atoms with Crippen LogP contribution in [-0.2, 0) is 11.8 Å². The van der Waals surface area contributed by atoms with Gasteiger partial charge in [-0.2, -0.15) is 5.10 Å². The smallest absolute Gasteiger partial charge is 0.252 e. The van der Waals surface area contributed by atoms with Gasteiger partial charge in [0.2, 0.25) is 0 Å². The van der Waals surface area contributed by atoms with Crippen molar-refractivity contribution in [1.82, 2.24) is 19.3 Å². The predicted molar refractivity (Wildman–Crippen MR) is 108 cm³/mol. The Labute approximate surface area is 162 Å². The molecule has 0 spiro atoms. The summed E-state index contributed by atoms with van der Waals surface area (Å²) in [4.78, 5) is 17.9. The van der Waals surface area contributed by atoms with Gasteiger partial charge in [-0.25, -0.2) is 4.98 Å². The van der Waals surface area contributed by atoms with E-state index >= 15 is 0 Å². The molecule has 0 aliphatic heterocycles. The Bertz CT molecular complexity index is 1140. The van der Waals surface area contributed by atoms with Gasteiger partial charge in [0.1, 0.15) is 6.04 Å². The Morgan fingerprint density at radius 2 is 1.86 bits per heavy atom. The fourth-order valence-corrected chi connectivity index (χ4v) is 3.84. The maximum Gasteiger partial charge on any atom is 0.252 e. The lowest BCUT2D eigenvalue weighted by atomic mass is 10.1. The number of nitrogens with zero attached hydrogens (tertiary/aromatic N) is 4. The van der Waals surface area contributed by atoms with Crippen LogP contribution in [0.25, 0.3) is 11.0 Å². The average molecular weight is 371 g/mol. The molecule has 1 unspecified atom stereocenters. The lowest BCUT2D eigenvalue weighted by Gasteiger charge is -2.20. The van der Waals surface area contributed by atoms with E-state index in [0.29, 0.717) is 5.92 Å². The minimum atomic E-state index is -0.513. The molecule has 6 heteroatoms. The summed E-state index contributed by atoms with van der Waals surface area (Å²) in [5.74, 6) is 0.399. The molecule has 1 aliphatic carbocycles. The monoisotopic (exact) mass is 371 g/mol. The molecule has 2 aromatic heterocycles. The van der Waals surface area contributed by atoms with Crippen LogP contribution in [0.3, 0.4) is 0 Å². The summed E-state index contributed by atoms with van der Waals surface area (Å²) in [5, 5.41) is 7.49. The summed E-state index contributed by atoms with van der Waals surface area (Å²) in [7, 11) is 1.93. The Kier molecular flexibility index (Phi) is 3.97. The van der Waals surface area contributed by atoms with Gasteiger partial charge in [0.15, 0.2) is 0 Å². The zero-order chi connectivity index (χ0) is 19.1. The van der Waals surface area contributed by atoms with Crippen molar-refractivity contribution in [3.8, 4) is 0 Å². The molecular formula is C22H21N5O. The predicted octanol–water partition coefficient (Wildman–Crippen LogP) is 3.88. The van der Waals surface area contributed by atoms with Crippen molar-refractivity contribution in [2.24, 2.45) is 7.05 Å². The van der Waals surface area contributed by atoms with E-state index in [-0.39, 0.29) is 5.91 Å². The van der Waals surface area contributed by atoms with Crippen molar-refractivity contribution in [3.63, 3.8) is 0 Å². The highest BCUT2D eigenvalue weighted by Gasteiger charge is 2.31. The van der Waals surface area contributed by atoms with Crippen molar-refractivity contribution in [3.05, 3.63) is 78.4 Å².